The maximum Gasteiger partial charge on any atom is 0.407 e. The molecule has 1 heterocycles. The predicted octanol–water partition coefficient (Wildman–Crippen LogP) is 2.47. The Bertz CT molecular complexity index is 503. The van der Waals surface area contributed by atoms with Gasteiger partial charge in [-0.25, -0.2) is 14.6 Å². The number of carbonyl (C=O) groups excluding carboxylic acids is 2. The van der Waals surface area contributed by atoms with Crippen molar-refractivity contribution in [2.24, 2.45) is 0 Å². The Kier molecular flexibility index (Phi) is 5.69. The number of alkyl carbamates (subject to hydrolysis) is 1. The van der Waals surface area contributed by atoms with Gasteiger partial charge in [0.25, 0.3) is 0 Å². The van der Waals surface area contributed by atoms with E-state index in [1.54, 1.807) is 38.3 Å². The fourth-order valence-electron chi connectivity index (χ4n) is 1.18. The minimum absolute atomic E-state index is 0.275. The standard InChI is InChI=1S/C13H18N2O4S/c1-13(2,3)19-12(17)14-7-5-6-10-15-9(8-20-10)11(16)18-4/h5-6,8H,7H2,1-4H3,(H,14,17). The van der Waals surface area contributed by atoms with E-state index in [0.717, 1.165) is 0 Å². The molecule has 0 spiro atoms. The average Bonchev–Trinajstić information content (AvgIpc) is 2.80. The van der Waals surface area contributed by atoms with Gasteiger partial charge in [-0.1, -0.05) is 6.08 Å². The second-order valence-electron chi connectivity index (χ2n) is 4.85. The molecule has 7 heteroatoms. The fourth-order valence-corrected chi connectivity index (χ4v) is 1.89. The predicted molar refractivity (Wildman–Crippen MR) is 76.7 cm³/mol. The van der Waals surface area contributed by atoms with Crippen molar-refractivity contribution in [1.82, 2.24) is 10.3 Å². The number of thiazole rings is 1. The van der Waals surface area contributed by atoms with Crippen molar-refractivity contribution in [2.75, 3.05) is 13.7 Å². The first-order chi connectivity index (χ1) is 9.31. The van der Waals surface area contributed by atoms with Gasteiger partial charge in [0.2, 0.25) is 0 Å². The third-order valence-corrected chi connectivity index (χ3v) is 2.75. The lowest BCUT2D eigenvalue weighted by Gasteiger charge is -2.19. The number of esters is 1. The highest BCUT2D eigenvalue weighted by Gasteiger charge is 2.15. The van der Waals surface area contributed by atoms with Crippen LogP contribution >= 0.6 is 11.3 Å². The molecular formula is C13H18N2O4S. The van der Waals surface area contributed by atoms with Gasteiger partial charge >= 0.3 is 12.1 Å². The van der Waals surface area contributed by atoms with E-state index in [1.807, 2.05) is 0 Å². The topological polar surface area (TPSA) is 77.5 Å². The maximum atomic E-state index is 11.4. The van der Waals surface area contributed by atoms with Crippen LogP contribution in [-0.2, 0) is 9.47 Å². The summed E-state index contributed by atoms with van der Waals surface area (Å²) in [6.07, 6.45) is 2.97. The summed E-state index contributed by atoms with van der Waals surface area (Å²) in [6.45, 7) is 5.72. The molecule has 0 aromatic carbocycles. The van der Waals surface area contributed by atoms with Crippen LogP contribution in [0, 0.1) is 0 Å². The molecule has 0 aliphatic heterocycles. The molecule has 1 aromatic rings. The van der Waals surface area contributed by atoms with Gasteiger partial charge < -0.3 is 14.8 Å². The largest absolute Gasteiger partial charge is 0.464 e. The number of carbonyl (C=O) groups is 2. The van der Waals surface area contributed by atoms with Crippen molar-refractivity contribution in [2.45, 2.75) is 26.4 Å². The monoisotopic (exact) mass is 298 g/mol. The maximum absolute atomic E-state index is 11.4. The van der Waals surface area contributed by atoms with Crippen LogP contribution in [0.3, 0.4) is 0 Å². The summed E-state index contributed by atoms with van der Waals surface area (Å²) in [5.74, 6) is -0.465. The molecule has 0 aliphatic rings. The second kappa shape index (κ2) is 7.04. The third kappa shape index (κ3) is 5.83. The molecule has 1 amide bonds. The van der Waals surface area contributed by atoms with Crippen LogP contribution in [0.4, 0.5) is 4.79 Å². The number of hydrogen-bond donors (Lipinski definition) is 1. The normalized spacial score (nSPS) is 11.4. The van der Waals surface area contributed by atoms with E-state index in [9.17, 15) is 9.59 Å². The van der Waals surface area contributed by atoms with Gasteiger partial charge in [0.1, 0.15) is 10.6 Å². The van der Waals surface area contributed by atoms with E-state index in [2.05, 4.69) is 15.0 Å². The van der Waals surface area contributed by atoms with Crippen molar-refractivity contribution >= 4 is 29.5 Å². The molecule has 0 unspecified atom stereocenters. The van der Waals surface area contributed by atoms with Crippen LogP contribution in [0.25, 0.3) is 6.08 Å². The van der Waals surface area contributed by atoms with Crippen LogP contribution in [0.5, 0.6) is 0 Å². The minimum Gasteiger partial charge on any atom is -0.464 e. The molecule has 0 aliphatic carbocycles. The molecule has 1 N–H and O–H groups in total. The van der Waals surface area contributed by atoms with Gasteiger partial charge in [0.05, 0.1) is 7.11 Å². The SMILES string of the molecule is COC(=O)c1csc(C=CCNC(=O)OC(C)(C)C)n1. The van der Waals surface area contributed by atoms with E-state index < -0.39 is 17.7 Å². The molecule has 6 nitrogen and oxygen atoms in total. The van der Waals surface area contributed by atoms with Gasteiger partial charge in [-0.2, -0.15) is 0 Å². The Hall–Kier alpha value is -1.89. The highest BCUT2D eigenvalue weighted by molar-refractivity contribution is 7.10. The summed E-state index contributed by atoms with van der Waals surface area (Å²) in [5, 5.41) is 4.87. The summed E-state index contributed by atoms with van der Waals surface area (Å²) in [4.78, 5) is 26.6. The number of ether oxygens (including phenoxy) is 2. The molecule has 1 aromatic heterocycles. The lowest BCUT2D eigenvalue weighted by atomic mass is 10.2. The quantitative estimate of drug-likeness (QED) is 0.864. The van der Waals surface area contributed by atoms with Gasteiger partial charge in [0.15, 0.2) is 5.69 Å². The van der Waals surface area contributed by atoms with Crippen LogP contribution < -0.4 is 5.32 Å². The first kappa shape index (κ1) is 16.2. The zero-order chi connectivity index (χ0) is 15.2. The van der Waals surface area contributed by atoms with Crippen LogP contribution in [-0.4, -0.2) is 36.3 Å². The van der Waals surface area contributed by atoms with Gasteiger partial charge in [-0.3, -0.25) is 0 Å². The van der Waals surface area contributed by atoms with Gasteiger partial charge in [-0.15, -0.1) is 11.3 Å². The van der Waals surface area contributed by atoms with Crippen molar-refractivity contribution in [3.05, 3.63) is 22.2 Å². The van der Waals surface area contributed by atoms with E-state index in [0.29, 0.717) is 11.6 Å². The Morgan fingerprint density at radius 2 is 2.15 bits per heavy atom. The summed E-state index contributed by atoms with van der Waals surface area (Å²) in [5.41, 5.74) is -0.240. The molecule has 0 bridgehead atoms. The molecule has 110 valence electrons. The molecule has 0 radical (unpaired) electrons. The molecule has 0 saturated heterocycles. The number of aromatic nitrogens is 1. The van der Waals surface area contributed by atoms with E-state index in [4.69, 9.17) is 4.74 Å². The molecule has 0 atom stereocenters. The smallest absolute Gasteiger partial charge is 0.407 e. The second-order valence-corrected chi connectivity index (χ2v) is 5.74. The Labute approximate surface area is 121 Å². The Morgan fingerprint density at radius 1 is 1.45 bits per heavy atom. The lowest BCUT2D eigenvalue weighted by Crippen LogP contribution is -2.32. The number of nitrogens with zero attached hydrogens (tertiary/aromatic N) is 1. The van der Waals surface area contributed by atoms with Crippen LogP contribution in [0.15, 0.2) is 11.5 Å². The first-order valence-corrected chi connectivity index (χ1v) is 6.87. The highest BCUT2D eigenvalue weighted by Crippen LogP contribution is 2.12. The number of hydrogen-bond acceptors (Lipinski definition) is 6. The zero-order valence-corrected chi connectivity index (χ0v) is 12.7. The van der Waals surface area contributed by atoms with Gasteiger partial charge in [-0.05, 0) is 26.8 Å². The summed E-state index contributed by atoms with van der Waals surface area (Å²) in [7, 11) is 1.31. The van der Waals surface area contributed by atoms with Crippen LogP contribution in [0.2, 0.25) is 0 Å². The Balaban J connectivity index is 2.40. The average molecular weight is 298 g/mol. The minimum atomic E-state index is -0.515. The van der Waals surface area contributed by atoms with Crippen molar-refractivity contribution in [3.63, 3.8) is 0 Å². The first-order valence-electron chi connectivity index (χ1n) is 5.99. The van der Waals surface area contributed by atoms with Crippen molar-refractivity contribution < 1.29 is 19.1 Å². The number of nitrogens with one attached hydrogen (secondary N) is 1. The summed E-state index contributed by atoms with van der Waals surface area (Å²) >= 11 is 1.32. The summed E-state index contributed by atoms with van der Waals surface area (Å²) < 4.78 is 9.64. The molecule has 1 rings (SSSR count). The lowest BCUT2D eigenvalue weighted by molar-refractivity contribution is 0.0532. The van der Waals surface area contributed by atoms with E-state index in [-0.39, 0.29) is 5.69 Å². The van der Waals surface area contributed by atoms with Crippen molar-refractivity contribution in [3.8, 4) is 0 Å². The molecule has 0 saturated carbocycles. The number of methoxy groups -OCH3 is 1. The Morgan fingerprint density at radius 3 is 2.75 bits per heavy atom. The molecule has 0 fully saturated rings. The highest BCUT2D eigenvalue weighted by atomic mass is 32.1. The van der Waals surface area contributed by atoms with Gasteiger partial charge in [0, 0.05) is 11.9 Å². The number of amides is 1. The molecular weight excluding hydrogens is 280 g/mol. The van der Waals surface area contributed by atoms with Crippen LogP contribution in [0.1, 0.15) is 36.3 Å². The van der Waals surface area contributed by atoms with E-state index in [1.165, 1.54) is 18.4 Å². The third-order valence-electron chi connectivity index (χ3n) is 1.94. The van der Waals surface area contributed by atoms with Crippen molar-refractivity contribution in [1.29, 1.82) is 0 Å². The molecule has 20 heavy (non-hydrogen) atoms. The summed E-state index contributed by atoms with van der Waals surface area (Å²) in [6, 6.07) is 0. The fraction of sp³-hybridized carbons (Fsp3) is 0.462. The zero-order valence-electron chi connectivity index (χ0n) is 11.9. The van der Waals surface area contributed by atoms with E-state index >= 15 is 0 Å². The number of rotatable bonds is 4.